The second-order valence-electron chi connectivity index (χ2n) is 6.35. The minimum atomic E-state index is 0.140. The van der Waals surface area contributed by atoms with Gasteiger partial charge >= 0.3 is 6.03 Å². The molecule has 1 aromatic rings. The Morgan fingerprint density at radius 1 is 1.25 bits per heavy atom. The highest BCUT2D eigenvalue weighted by molar-refractivity contribution is 5.74. The number of urea groups is 1. The number of hydrogen-bond donors (Lipinski definition) is 1. The van der Waals surface area contributed by atoms with Crippen LogP contribution in [0.4, 0.5) is 4.79 Å². The Bertz CT molecular complexity index is 486. The van der Waals surface area contributed by atoms with Crippen LogP contribution in [0.2, 0.25) is 0 Å². The number of amides is 2. The molecule has 0 aromatic heterocycles. The third-order valence-electron chi connectivity index (χ3n) is 4.62. The lowest BCUT2D eigenvalue weighted by atomic mass is 9.88. The predicted molar refractivity (Wildman–Crippen MR) is 80.8 cm³/mol. The van der Waals surface area contributed by atoms with E-state index in [-0.39, 0.29) is 6.03 Å². The molecular weight excluding hydrogens is 248 g/mol. The SMILES string of the molecule is CC1CCCN(C(=O)NC2CCc3ccccc3C2)C1. The van der Waals surface area contributed by atoms with Crippen molar-refractivity contribution in [1.29, 1.82) is 0 Å². The summed E-state index contributed by atoms with van der Waals surface area (Å²) in [6.45, 7) is 4.06. The predicted octanol–water partition coefficient (Wildman–Crippen LogP) is 2.99. The van der Waals surface area contributed by atoms with E-state index >= 15 is 0 Å². The molecule has 2 aliphatic rings. The Balaban J connectivity index is 1.58. The summed E-state index contributed by atoms with van der Waals surface area (Å²) < 4.78 is 0. The van der Waals surface area contributed by atoms with Gasteiger partial charge in [-0.2, -0.15) is 0 Å². The zero-order valence-electron chi connectivity index (χ0n) is 12.3. The van der Waals surface area contributed by atoms with Crippen LogP contribution in [0.25, 0.3) is 0 Å². The first kappa shape index (κ1) is 13.5. The maximum Gasteiger partial charge on any atom is 0.317 e. The van der Waals surface area contributed by atoms with E-state index in [1.165, 1.54) is 17.5 Å². The molecule has 1 aliphatic heterocycles. The summed E-state index contributed by atoms with van der Waals surface area (Å²) in [5.74, 6) is 0.640. The van der Waals surface area contributed by atoms with E-state index in [0.717, 1.165) is 38.8 Å². The Labute approximate surface area is 121 Å². The highest BCUT2D eigenvalue weighted by atomic mass is 16.2. The zero-order valence-corrected chi connectivity index (χ0v) is 12.3. The Morgan fingerprint density at radius 2 is 2.05 bits per heavy atom. The molecule has 1 aromatic carbocycles. The fourth-order valence-electron chi connectivity index (χ4n) is 3.46. The molecule has 3 rings (SSSR count). The fourth-order valence-corrected chi connectivity index (χ4v) is 3.46. The van der Waals surface area contributed by atoms with Crippen molar-refractivity contribution in [3.63, 3.8) is 0 Å². The highest BCUT2D eigenvalue weighted by Gasteiger charge is 2.25. The number of nitrogens with zero attached hydrogens (tertiary/aromatic N) is 1. The molecule has 1 saturated heterocycles. The lowest BCUT2D eigenvalue weighted by molar-refractivity contribution is 0.165. The number of likely N-dealkylation sites (tertiary alicyclic amines) is 1. The molecule has 0 bridgehead atoms. The summed E-state index contributed by atoms with van der Waals surface area (Å²) in [7, 11) is 0. The molecule has 1 fully saturated rings. The van der Waals surface area contributed by atoms with E-state index in [0.29, 0.717) is 12.0 Å². The van der Waals surface area contributed by atoms with Crippen molar-refractivity contribution >= 4 is 6.03 Å². The van der Waals surface area contributed by atoms with Gasteiger partial charge in [0.05, 0.1) is 0 Å². The van der Waals surface area contributed by atoms with E-state index in [2.05, 4.69) is 36.5 Å². The van der Waals surface area contributed by atoms with Gasteiger partial charge in [0, 0.05) is 19.1 Å². The quantitative estimate of drug-likeness (QED) is 0.837. The molecule has 2 atom stereocenters. The van der Waals surface area contributed by atoms with Crippen molar-refractivity contribution in [3.8, 4) is 0 Å². The summed E-state index contributed by atoms with van der Waals surface area (Å²) >= 11 is 0. The number of nitrogens with one attached hydrogen (secondary N) is 1. The summed E-state index contributed by atoms with van der Waals surface area (Å²) in [6, 6.07) is 9.04. The second kappa shape index (κ2) is 5.86. The molecule has 2 amide bonds. The van der Waals surface area contributed by atoms with Gasteiger partial charge in [-0.3, -0.25) is 0 Å². The first-order valence-corrected chi connectivity index (χ1v) is 7.84. The minimum Gasteiger partial charge on any atom is -0.335 e. The van der Waals surface area contributed by atoms with Crippen molar-refractivity contribution < 1.29 is 4.79 Å². The van der Waals surface area contributed by atoms with Crippen LogP contribution >= 0.6 is 0 Å². The normalized spacial score (nSPS) is 25.9. The number of fused-ring (bicyclic) bond motifs is 1. The maximum atomic E-state index is 12.3. The fraction of sp³-hybridized carbons (Fsp3) is 0.588. The van der Waals surface area contributed by atoms with Gasteiger partial charge in [0.25, 0.3) is 0 Å². The van der Waals surface area contributed by atoms with Crippen molar-refractivity contribution in [1.82, 2.24) is 10.2 Å². The first-order valence-electron chi connectivity index (χ1n) is 7.84. The number of carbonyl (C=O) groups is 1. The lowest BCUT2D eigenvalue weighted by Crippen LogP contribution is -2.49. The smallest absolute Gasteiger partial charge is 0.317 e. The first-order chi connectivity index (χ1) is 9.72. The lowest BCUT2D eigenvalue weighted by Gasteiger charge is -2.33. The van der Waals surface area contributed by atoms with Crippen LogP contribution in [-0.4, -0.2) is 30.1 Å². The molecule has 108 valence electrons. The van der Waals surface area contributed by atoms with Crippen molar-refractivity contribution in [2.75, 3.05) is 13.1 Å². The Hall–Kier alpha value is -1.51. The van der Waals surface area contributed by atoms with Gasteiger partial charge in [-0.25, -0.2) is 4.79 Å². The standard InChI is InChI=1S/C17H24N2O/c1-13-5-4-10-19(12-13)17(20)18-16-9-8-14-6-2-3-7-15(14)11-16/h2-3,6-7,13,16H,4-5,8-12H2,1H3,(H,18,20). The molecule has 0 spiro atoms. The van der Waals surface area contributed by atoms with E-state index in [1.807, 2.05) is 4.90 Å². The third kappa shape index (κ3) is 2.97. The molecule has 1 N–H and O–H groups in total. The van der Waals surface area contributed by atoms with Gasteiger partial charge in [0.2, 0.25) is 0 Å². The van der Waals surface area contributed by atoms with E-state index in [1.54, 1.807) is 0 Å². The number of carbonyl (C=O) groups excluding carboxylic acids is 1. The molecule has 0 saturated carbocycles. The summed E-state index contributed by atoms with van der Waals surface area (Å²) in [4.78, 5) is 14.3. The van der Waals surface area contributed by atoms with Gasteiger partial charge in [0.1, 0.15) is 0 Å². The maximum absolute atomic E-state index is 12.3. The molecule has 0 radical (unpaired) electrons. The van der Waals surface area contributed by atoms with Crippen molar-refractivity contribution in [2.24, 2.45) is 5.92 Å². The zero-order chi connectivity index (χ0) is 13.9. The average molecular weight is 272 g/mol. The molecular formula is C17H24N2O. The van der Waals surface area contributed by atoms with Crippen LogP contribution in [-0.2, 0) is 12.8 Å². The van der Waals surface area contributed by atoms with Crippen molar-refractivity contribution in [3.05, 3.63) is 35.4 Å². The molecule has 1 heterocycles. The Morgan fingerprint density at radius 3 is 2.85 bits per heavy atom. The molecule has 3 heteroatoms. The van der Waals surface area contributed by atoms with Gasteiger partial charge in [-0.05, 0) is 49.1 Å². The van der Waals surface area contributed by atoms with Gasteiger partial charge < -0.3 is 10.2 Å². The molecule has 2 unspecified atom stereocenters. The van der Waals surface area contributed by atoms with Gasteiger partial charge in [-0.15, -0.1) is 0 Å². The number of aryl methyl sites for hydroxylation is 1. The summed E-state index contributed by atoms with van der Waals surface area (Å²) in [5.41, 5.74) is 2.85. The molecule has 20 heavy (non-hydrogen) atoms. The van der Waals surface area contributed by atoms with Crippen molar-refractivity contribution in [2.45, 2.75) is 45.1 Å². The number of benzene rings is 1. The number of rotatable bonds is 1. The van der Waals surface area contributed by atoms with Crippen LogP contribution in [0, 0.1) is 5.92 Å². The number of piperidine rings is 1. The topological polar surface area (TPSA) is 32.3 Å². The largest absolute Gasteiger partial charge is 0.335 e. The molecule has 3 nitrogen and oxygen atoms in total. The van der Waals surface area contributed by atoms with Crippen LogP contribution in [0.1, 0.15) is 37.3 Å². The third-order valence-corrected chi connectivity index (χ3v) is 4.62. The monoisotopic (exact) mass is 272 g/mol. The summed E-state index contributed by atoms with van der Waals surface area (Å²) in [5, 5.41) is 3.24. The van der Waals surface area contributed by atoms with Gasteiger partial charge in [0.15, 0.2) is 0 Å². The average Bonchev–Trinajstić information content (AvgIpc) is 2.47. The van der Waals surface area contributed by atoms with E-state index in [4.69, 9.17) is 0 Å². The summed E-state index contributed by atoms with van der Waals surface area (Å²) in [6.07, 6.45) is 5.51. The second-order valence-corrected chi connectivity index (χ2v) is 6.35. The van der Waals surface area contributed by atoms with Crippen LogP contribution in [0.15, 0.2) is 24.3 Å². The minimum absolute atomic E-state index is 0.140. The van der Waals surface area contributed by atoms with Crippen LogP contribution in [0.3, 0.4) is 0 Å². The van der Waals surface area contributed by atoms with Gasteiger partial charge in [-0.1, -0.05) is 31.2 Å². The van der Waals surface area contributed by atoms with Crippen LogP contribution < -0.4 is 5.32 Å². The number of hydrogen-bond acceptors (Lipinski definition) is 1. The van der Waals surface area contributed by atoms with Crippen LogP contribution in [0.5, 0.6) is 0 Å². The highest BCUT2D eigenvalue weighted by Crippen LogP contribution is 2.22. The van der Waals surface area contributed by atoms with E-state index in [9.17, 15) is 4.79 Å². The Kier molecular flexibility index (Phi) is 3.95. The van der Waals surface area contributed by atoms with E-state index < -0.39 is 0 Å². The molecule has 1 aliphatic carbocycles.